The average Bonchev–Trinajstić information content (AvgIpc) is 2.34. The highest BCUT2D eigenvalue weighted by molar-refractivity contribution is 6.04. The predicted molar refractivity (Wildman–Crippen MR) is 73.8 cm³/mol. The quantitative estimate of drug-likeness (QED) is 0.855. The summed E-state index contributed by atoms with van der Waals surface area (Å²) in [5.74, 6) is -0.0960. The van der Waals surface area contributed by atoms with Gasteiger partial charge in [0.05, 0.1) is 6.54 Å². The monoisotopic (exact) mass is 261 g/mol. The van der Waals surface area contributed by atoms with Crippen LogP contribution in [0.15, 0.2) is 24.3 Å². The SMILES string of the molecule is CC(N)Cc1ccc(N2CC(=O)N(C)CC2=O)cc1. The molecule has 2 rings (SSSR count). The third-order valence-corrected chi connectivity index (χ3v) is 3.20. The van der Waals surface area contributed by atoms with E-state index in [1.807, 2.05) is 31.2 Å². The highest BCUT2D eigenvalue weighted by Crippen LogP contribution is 2.18. The Bertz CT molecular complexity index is 482. The molecule has 1 saturated heterocycles. The zero-order chi connectivity index (χ0) is 14.0. The Morgan fingerprint density at radius 1 is 1.16 bits per heavy atom. The first-order valence-corrected chi connectivity index (χ1v) is 6.36. The molecule has 102 valence electrons. The molecule has 2 amide bonds. The molecule has 1 unspecified atom stereocenters. The third-order valence-electron chi connectivity index (χ3n) is 3.20. The van der Waals surface area contributed by atoms with Gasteiger partial charge in [0.15, 0.2) is 0 Å². The Labute approximate surface area is 113 Å². The highest BCUT2D eigenvalue weighted by atomic mass is 16.2. The van der Waals surface area contributed by atoms with E-state index < -0.39 is 0 Å². The number of hydrogen-bond acceptors (Lipinski definition) is 3. The van der Waals surface area contributed by atoms with Crippen molar-refractivity contribution in [1.29, 1.82) is 0 Å². The van der Waals surface area contributed by atoms with E-state index in [0.717, 1.165) is 17.7 Å². The molecule has 1 aromatic rings. The molecule has 19 heavy (non-hydrogen) atoms. The van der Waals surface area contributed by atoms with Crippen LogP contribution in [-0.2, 0) is 16.0 Å². The molecule has 5 heteroatoms. The second-order valence-corrected chi connectivity index (χ2v) is 5.08. The van der Waals surface area contributed by atoms with Gasteiger partial charge >= 0.3 is 0 Å². The standard InChI is InChI=1S/C14H19N3O2/c1-10(15)7-11-3-5-12(6-4-11)17-9-13(18)16(2)8-14(17)19/h3-6,10H,7-9,15H2,1-2H3. The minimum Gasteiger partial charge on any atom is -0.335 e. The van der Waals surface area contributed by atoms with Gasteiger partial charge in [-0.25, -0.2) is 0 Å². The molecule has 1 aromatic carbocycles. The van der Waals surface area contributed by atoms with Crippen LogP contribution in [0.3, 0.4) is 0 Å². The summed E-state index contributed by atoms with van der Waals surface area (Å²) in [5, 5.41) is 0. The van der Waals surface area contributed by atoms with Gasteiger partial charge in [0, 0.05) is 18.8 Å². The van der Waals surface area contributed by atoms with E-state index in [1.165, 1.54) is 9.80 Å². The fraction of sp³-hybridized carbons (Fsp3) is 0.429. The van der Waals surface area contributed by atoms with E-state index in [2.05, 4.69) is 0 Å². The lowest BCUT2D eigenvalue weighted by Crippen LogP contribution is -2.52. The van der Waals surface area contributed by atoms with Crippen molar-refractivity contribution in [3.05, 3.63) is 29.8 Å². The maximum Gasteiger partial charge on any atom is 0.247 e. The Morgan fingerprint density at radius 2 is 1.79 bits per heavy atom. The normalized spacial score (nSPS) is 17.8. The van der Waals surface area contributed by atoms with Crippen LogP contribution in [0, 0.1) is 0 Å². The number of carbonyl (C=O) groups excluding carboxylic acids is 2. The molecule has 1 aliphatic heterocycles. The molecule has 1 aliphatic rings. The topological polar surface area (TPSA) is 66.6 Å². The van der Waals surface area contributed by atoms with Gasteiger partial charge in [-0.15, -0.1) is 0 Å². The van der Waals surface area contributed by atoms with Crippen molar-refractivity contribution in [2.45, 2.75) is 19.4 Å². The largest absolute Gasteiger partial charge is 0.335 e. The molecule has 0 bridgehead atoms. The third kappa shape index (κ3) is 3.12. The van der Waals surface area contributed by atoms with Gasteiger partial charge in [0.25, 0.3) is 0 Å². The molecule has 1 atom stereocenters. The first kappa shape index (κ1) is 13.5. The number of carbonyl (C=O) groups is 2. The Hall–Kier alpha value is -1.88. The van der Waals surface area contributed by atoms with Crippen LogP contribution in [0.4, 0.5) is 5.69 Å². The zero-order valence-corrected chi connectivity index (χ0v) is 11.3. The first-order chi connectivity index (χ1) is 8.97. The maximum atomic E-state index is 11.9. The second kappa shape index (κ2) is 5.40. The number of nitrogens with two attached hydrogens (primary N) is 1. The number of piperazine rings is 1. The minimum absolute atomic E-state index is 0.0424. The lowest BCUT2D eigenvalue weighted by atomic mass is 10.1. The molecule has 0 aliphatic carbocycles. The predicted octanol–water partition coefficient (Wildman–Crippen LogP) is 0.381. The van der Waals surface area contributed by atoms with Crippen LogP contribution < -0.4 is 10.6 Å². The summed E-state index contributed by atoms with van der Waals surface area (Å²) < 4.78 is 0. The second-order valence-electron chi connectivity index (χ2n) is 5.08. The number of anilines is 1. The molecule has 0 aromatic heterocycles. The number of hydrogen-bond donors (Lipinski definition) is 1. The lowest BCUT2D eigenvalue weighted by Gasteiger charge is -2.31. The van der Waals surface area contributed by atoms with E-state index in [4.69, 9.17) is 5.73 Å². The summed E-state index contributed by atoms with van der Waals surface area (Å²) in [4.78, 5) is 26.6. The molecule has 1 heterocycles. The van der Waals surface area contributed by atoms with Gasteiger partial charge < -0.3 is 15.5 Å². The van der Waals surface area contributed by atoms with Crippen molar-refractivity contribution in [1.82, 2.24) is 4.90 Å². The van der Waals surface area contributed by atoms with E-state index in [1.54, 1.807) is 7.05 Å². The summed E-state index contributed by atoms with van der Waals surface area (Å²) in [6, 6.07) is 7.75. The van der Waals surface area contributed by atoms with E-state index in [-0.39, 0.29) is 30.9 Å². The minimum atomic E-state index is -0.0537. The molecular weight excluding hydrogens is 242 g/mol. The Balaban J connectivity index is 2.13. The van der Waals surface area contributed by atoms with E-state index in [9.17, 15) is 9.59 Å². The molecule has 0 spiro atoms. The lowest BCUT2D eigenvalue weighted by molar-refractivity contribution is -0.136. The molecule has 2 N–H and O–H groups in total. The summed E-state index contributed by atoms with van der Waals surface area (Å²) in [6.45, 7) is 2.21. The number of amides is 2. The van der Waals surface area contributed by atoms with Gasteiger partial charge in [-0.2, -0.15) is 0 Å². The fourth-order valence-electron chi connectivity index (χ4n) is 2.14. The summed E-state index contributed by atoms with van der Waals surface area (Å²) in [5.41, 5.74) is 7.64. The van der Waals surface area contributed by atoms with Crippen molar-refractivity contribution in [2.75, 3.05) is 25.0 Å². The van der Waals surface area contributed by atoms with Crippen molar-refractivity contribution >= 4 is 17.5 Å². The van der Waals surface area contributed by atoms with E-state index >= 15 is 0 Å². The van der Waals surface area contributed by atoms with Gasteiger partial charge in [0.2, 0.25) is 11.8 Å². The Morgan fingerprint density at radius 3 is 2.37 bits per heavy atom. The van der Waals surface area contributed by atoms with Crippen molar-refractivity contribution in [3.8, 4) is 0 Å². The van der Waals surface area contributed by atoms with Crippen molar-refractivity contribution < 1.29 is 9.59 Å². The maximum absolute atomic E-state index is 11.9. The zero-order valence-electron chi connectivity index (χ0n) is 11.3. The number of nitrogens with zero attached hydrogens (tertiary/aromatic N) is 2. The molecule has 1 fully saturated rings. The average molecular weight is 261 g/mol. The summed E-state index contributed by atoms with van der Waals surface area (Å²) in [6.07, 6.45) is 0.801. The molecule has 0 saturated carbocycles. The fourth-order valence-corrected chi connectivity index (χ4v) is 2.14. The van der Waals surface area contributed by atoms with Crippen LogP contribution in [0.25, 0.3) is 0 Å². The highest BCUT2D eigenvalue weighted by Gasteiger charge is 2.28. The van der Waals surface area contributed by atoms with E-state index in [0.29, 0.717) is 0 Å². The van der Waals surface area contributed by atoms with Gasteiger partial charge in [-0.1, -0.05) is 12.1 Å². The smallest absolute Gasteiger partial charge is 0.247 e. The van der Waals surface area contributed by atoms with Crippen molar-refractivity contribution in [3.63, 3.8) is 0 Å². The number of benzene rings is 1. The van der Waals surface area contributed by atoms with Gasteiger partial charge in [-0.05, 0) is 31.0 Å². The van der Waals surface area contributed by atoms with Crippen LogP contribution in [0.2, 0.25) is 0 Å². The summed E-state index contributed by atoms with van der Waals surface area (Å²) in [7, 11) is 1.64. The summed E-state index contributed by atoms with van der Waals surface area (Å²) >= 11 is 0. The van der Waals surface area contributed by atoms with Gasteiger partial charge in [0.1, 0.15) is 6.54 Å². The van der Waals surface area contributed by atoms with Gasteiger partial charge in [-0.3, -0.25) is 9.59 Å². The molecule has 5 nitrogen and oxygen atoms in total. The number of likely N-dealkylation sites (N-methyl/N-ethyl adjacent to an activating group) is 1. The Kier molecular flexibility index (Phi) is 3.85. The number of rotatable bonds is 3. The molecular formula is C14H19N3O2. The first-order valence-electron chi connectivity index (χ1n) is 6.36. The van der Waals surface area contributed by atoms with Crippen LogP contribution in [0.5, 0.6) is 0 Å². The molecule has 0 radical (unpaired) electrons. The van der Waals surface area contributed by atoms with Crippen molar-refractivity contribution in [2.24, 2.45) is 5.73 Å². The van der Waals surface area contributed by atoms with Crippen LogP contribution in [0.1, 0.15) is 12.5 Å². The van der Waals surface area contributed by atoms with Crippen LogP contribution in [-0.4, -0.2) is 42.9 Å². The van der Waals surface area contributed by atoms with Crippen LogP contribution >= 0.6 is 0 Å².